The number of guanidine groups is 1. The van der Waals surface area contributed by atoms with Crippen LogP contribution in [0.15, 0.2) is 11.2 Å². The number of rotatable bonds is 4. The van der Waals surface area contributed by atoms with Crippen LogP contribution in [-0.2, 0) is 12.8 Å². The third-order valence-corrected chi connectivity index (χ3v) is 5.59. The normalized spacial score (nSPS) is 22.9. The van der Waals surface area contributed by atoms with E-state index in [4.69, 9.17) is 5.10 Å². The van der Waals surface area contributed by atoms with E-state index in [0.29, 0.717) is 12.1 Å². The molecule has 0 amide bonds. The Hall–Kier alpha value is -1.56. The molecule has 1 unspecified atom stereocenters. The summed E-state index contributed by atoms with van der Waals surface area (Å²) < 4.78 is 2.10. The van der Waals surface area contributed by atoms with Gasteiger partial charge < -0.3 is 15.5 Å². The first-order chi connectivity index (χ1) is 12.0. The standard InChI is InChI=1S/C19H34N6/c1-14(2)25-13-16-5-6-17(11-18(16)23-25)22-19(20-3)21-12-15-7-9-24(4)10-8-15/h13-15,17H,5-12H2,1-4H3,(H2,20,21,22). The highest BCUT2D eigenvalue weighted by Gasteiger charge is 2.23. The number of nitrogens with zero attached hydrogens (tertiary/aromatic N) is 4. The van der Waals surface area contributed by atoms with Crippen LogP contribution in [0.3, 0.4) is 0 Å². The molecule has 140 valence electrons. The van der Waals surface area contributed by atoms with E-state index in [1.165, 1.54) is 37.2 Å². The Morgan fingerprint density at radius 1 is 1.32 bits per heavy atom. The van der Waals surface area contributed by atoms with Crippen LogP contribution in [0.5, 0.6) is 0 Å². The maximum Gasteiger partial charge on any atom is 0.191 e. The summed E-state index contributed by atoms with van der Waals surface area (Å²) in [4.78, 5) is 6.85. The number of fused-ring (bicyclic) bond motifs is 1. The van der Waals surface area contributed by atoms with Crippen LogP contribution in [0.25, 0.3) is 0 Å². The number of aromatic nitrogens is 2. The highest BCUT2D eigenvalue weighted by molar-refractivity contribution is 5.80. The van der Waals surface area contributed by atoms with E-state index in [1.54, 1.807) is 0 Å². The minimum absolute atomic E-state index is 0.423. The van der Waals surface area contributed by atoms with Gasteiger partial charge in [0.2, 0.25) is 0 Å². The molecule has 2 heterocycles. The van der Waals surface area contributed by atoms with Crippen molar-refractivity contribution in [3.05, 3.63) is 17.5 Å². The highest BCUT2D eigenvalue weighted by atomic mass is 15.3. The number of piperidine rings is 1. The summed E-state index contributed by atoms with van der Waals surface area (Å²) >= 11 is 0. The molecule has 1 aromatic rings. The lowest BCUT2D eigenvalue weighted by Crippen LogP contribution is -2.47. The number of nitrogens with one attached hydrogen (secondary N) is 2. The molecule has 6 nitrogen and oxygen atoms in total. The van der Waals surface area contributed by atoms with Crippen LogP contribution < -0.4 is 10.6 Å². The molecule has 0 spiro atoms. The Bertz CT molecular complexity index is 583. The van der Waals surface area contributed by atoms with Crippen molar-refractivity contribution in [2.45, 2.75) is 58.0 Å². The molecule has 2 N–H and O–H groups in total. The van der Waals surface area contributed by atoms with Crippen LogP contribution in [0.2, 0.25) is 0 Å². The molecular weight excluding hydrogens is 312 g/mol. The first-order valence-electron chi connectivity index (χ1n) is 9.77. The Morgan fingerprint density at radius 2 is 2.08 bits per heavy atom. The molecule has 0 saturated carbocycles. The minimum atomic E-state index is 0.423. The van der Waals surface area contributed by atoms with Gasteiger partial charge in [0.05, 0.1) is 5.69 Å². The quantitative estimate of drug-likeness (QED) is 0.645. The first-order valence-corrected chi connectivity index (χ1v) is 9.77. The van der Waals surface area contributed by atoms with E-state index in [2.05, 4.69) is 52.3 Å². The van der Waals surface area contributed by atoms with Gasteiger partial charge in [0.25, 0.3) is 0 Å². The molecular formula is C19H34N6. The SMILES string of the molecule is CN=C(NCC1CCN(C)CC1)NC1CCc2cn(C(C)C)nc2C1. The topological polar surface area (TPSA) is 57.5 Å². The molecule has 1 aromatic heterocycles. The minimum Gasteiger partial charge on any atom is -0.356 e. The van der Waals surface area contributed by atoms with Crippen molar-refractivity contribution >= 4 is 5.96 Å². The Morgan fingerprint density at radius 3 is 2.76 bits per heavy atom. The van der Waals surface area contributed by atoms with Crippen LogP contribution in [-0.4, -0.2) is 60.4 Å². The van der Waals surface area contributed by atoms with E-state index >= 15 is 0 Å². The molecule has 1 atom stereocenters. The lowest BCUT2D eigenvalue weighted by atomic mass is 9.94. The van der Waals surface area contributed by atoms with Crippen LogP contribution in [0, 0.1) is 5.92 Å². The Labute approximate surface area is 152 Å². The molecule has 0 aromatic carbocycles. The molecule has 1 fully saturated rings. The van der Waals surface area contributed by atoms with Gasteiger partial charge >= 0.3 is 0 Å². The third kappa shape index (κ3) is 4.75. The van der Waals surface area contributed by atoms with Gasteiger partial charge in [0, 0.05) is 38.3 Å². The Kier molecular flexibility index (Phi) is 5.99. The average molecular weight is 347 g/mol. The van der Waals surface area contributed by atoms with Gasteiger partial charge in [-0.2, -0.15) is 5.10 Å². The molecule has 0 radical (unpaired) electrons. The second kappa shape index (κ2) is 8.21. The predicted octanol–water partition coefficient (Wildman–Crippen LogP) is 1.83. The maximum absolute atomic E-state index is 4.77. The fraction of sp³-hybridized carbons (Fsp3) is 0.789. The summed E-state index contributed by atoms with van der Waals surface area (Å²) in [6.45, 7) is 7.81. The van der Waals surface area contributed by atoms with Crippen molar-refractivity contribution in [2.24, 2.45) is 10.9 Å². The number of aliphatic imine (C=N–C) groups is 1. The monoisotopic (exact) mass is 346 g/mol. The largest absolute Gasteiger partial charge is 0.356 e. The molecule has 2 aliphatic rings. The molecule has 1 saturated heterocycles. The van der Waals surface area contributed by atoms with Crippen LogP contribution in [0.4, 0.5) is 0 Å². The van der Waals surface area contributed by atoms with E-state index in [9.17, 15) is 0 Å². The summed E-state index contributed by atoms with van der Waals surface area (Å²) in [5, 5.41) is 11.9. The van der Waals surface area contributed by atoms with Gasteiger partial charge in [-0.1, -0.05) is 0 Å². The van der Waals surface area contributed by atoms with Gasteiger partial charge in [-0.05, 0) is 71.1 Å². The van der Waals surface area contributed by atoms with E-state index in [-0.39, 0.29) is 0 Å². The molecule has 1 aliphatic carbocycles. The van der Waals surface area contributed by atoms with Gasteiger partial charge in [-0.15, -0.1) is 0 Å². The van der Waals surface area contributed by atoms with E-state index in [1.807, 2.05) is 7.05 Å². The second-order valence-corrected chi connectivity index (χ2v) is 7.96. The predicted molar refractivity (Wildman–Crippen MR) is 103 cm³/mol. The number of aryl methyl sites for hydroxylation is 1. The third-order valence-electron chi connectivity index (χ3n) is 5.59. The van der Waals surface area contributed by atoms with Crippen molar-refractivity contribution in [1.82, 2.24) is 25.3 Å². The van der Waals surface area contributed by atoms with E-state index < -0.39 is 0 Å². The van der Waals surface area contributed by atoms with Gasteiger partial charge in [-0.3, -0.25) is 9.67 Å². The van der Waals surface area contributed by atoms with Crippen molar-refractivity contribution in [1.29, 1.82) is 0 Å². The number of likely N-dealkylation sites (tertiary alicyclic amines) is 1. The van der Waals surface area contributed by atoms with Gasteiger partial charge in [0.15, 0.2) is 5.96 Å². The number of hydrogen-bond acceptors (Lipinski definition) is 3. The van der Waals surface area contributed by atoms with Crippen molar-refractivity contribution in [3.8, 4) is 0 Å². The molecule has 3 rings (SSSR count). The summed E-state index contributed by atoms with van der Waals surface area (Å²) in [7, 11) is 4.08. The van der Waals surface area contributed by atoms with Crippen molar-refractivity contribution < 1.29 is 0 Å². The van der Waals surface area contributed by atoms with E-state index in [0.717, 1.165) is 37.7 Å². The molecule has 1 aliphatic heterocycles. The van der Waals surface area contributed by atoms with Crippen molar-refractivity contribution in [2.75, 3.05) is 33.7 Å². The summed E-state index contributed by atoms with van der Waals surface area (Å²) in [6.07, 6.45) is 8.02. The maximum atomic E-state index is 4.77. The van der Waals surface area contributed by atoms with Gasteiger partial charge in [-0.25, -0.2) is 0 Å². The second-order valence-electron chi connectivity index (χ2n) is 7.96. The molecule has 6 heteroatoms. The van der Waals surface area contributed by atoms with Crippen LogP contribution >= 0.6 is 0 Å². The summed E-state index contributed by atoms with van der Waals surface area (Å²) in [6, 6.07) is 0.854. The summed E-state index contributed by atoms with van der Waals surface area (Å²) in [5.74, 6) is 1.70. The van der Waals surface area contributed by atoms with Crippen LogP contribution in [0.1, 0.15) is 50.4 Å². The lowest BCUT2D eigenvalue weighted by molar-refractivity contribution is 0.220. The fourth-order valence-corrected chi connectivity index (χ4v) is 3.80. The zero-order valence-electron chi connectivity index (χ0n) is 16.3. The zero-order valence-corrected chi connectivity index (χ0v) is 16.3. The smallest absolute Gasteiger partial charge is 0.191 e. The molecule has 0 bridgehead atoms. The summed E-state index contributed by atoms with van der Waals surface area (Å²) in [5.41, 5.74) is 2.67. The average Bonchev–Trinajstić information content (AvgIpc) is 3.03. The number of hydrogen-bond donors (Lipinski definition) is 2. The zero-order chi connectivity index (χ0) is 17.8. The fourth-order valence-electron chi connectivity index (χ4n) is 3.80. The van der Waals surface area contributed by atoms with Gasteiger partial charge in [0.1, 0.15) is 0 Å². The van der Waals surface area contributed by atoms with Crippen molar-refractivity contribution in [3.63, 3.8) is 0 Å². The first kappa shape index (κ1) is 18.2. The lowest BCUT2D eigenvalue weighted by Gasteiger charge is -2.30. The molecule has 25 heavy (non-hydrogen) atoms. The Balaban J connectivity index is 1.49. The highest BCUT2D eigenvalue weighted by Crippen LogP contribution is 2.21.